The molecule has 42 heavy (non-hydrogen) atoms. The summed E-state index contributed by atoms with van der Waals surface area (Å²) in [7, 11) is 0. The lowest BCUT2D eigenvalue weighted by Crippen LogP contribution is -2.36. The average molecular weight is 598 g/mol. The zero-order chi connectivity index (χ0) is 30.4. The number of nitrogens with one attached hydrogen (secondary N) is 1. The number of aliphatic hydroxyl groups is 1. The number of aryl methyl sites for hydroxylation is 2. The van der Waals surface area contributed by atoms with Crippen LogP contribution in [0.2, 0.25) is 0 Å². The second-order valence-corrected chi connectivity index (χ2v) is 10.8. The highest BCUT2D eigenvalue weighted by Crippen LogP contribution is 2.37. The third-order valence-electron chi connectivity index (χ3n) is 6.68. The minimum Gasteiger partial charge on any atom is -0.479 e. The highest BCUT2D eigenvalue weighted by molar-refractivity contribution is 8.00. The molecule has 4 rings (SSSR count). The molecule has 0 aliphatic heterocycles. The number of hydrogen-bond acceptors (Lipinski definition) is 6. The maximum Gasteiger partial charge on any atom is 0.446 e. The number of amides is 1. The van der Waals surface area contributed by atoms with Gasteiger partial charge >= 0.3 is 11.5 Å². The first kappa shape index (κ1) is 30.7. The molecule has 0 spiro atoms. The number of Topliss-reactive ketones (excluding diaryl/α,β-unsaturated/α-hetero) is 1. The van der Waals surface area contributed by atoms with Crippen molar-refractivity contribution >= 4 is 40.8 Å². The van der Waals surface area contributed by atoms with Crippen molar-refractivity contribution in [2.45, 2.75) is 42.2 Å². The molecule has 218 valence electrons. The van der Waals surface area contributed by atoms with E-state index in [1.807, 2.05) is 12.1 Å². The molecule has 1 aliphatic carbocycles. The number of carbonyl (C=O) groups excluding carboxylic acids is 3. The molecule has 0 fully saturated rings. The summed E-state index contributed by atoms with van der Waals surface area (Å²) in [5.41, 5.74) is -1.53. The van der Waals surface area contributed by atoms with E-state index in [4.69, 9.17) is 5.11 Å². The van der Waals surface area contributed by atoms with Crippen LogP contribution in [0.3, 0.4) is 0 Å². The first-order valence-corrected chi connectivity index (χ1v) is 13.8. The van der Waals surface area contributed by atoms with Crippen LogP contribution in [-0.4, -0.2) is 51.8 Å². The summed E-state index contributed by atoms with van der Waals surface area (Å²) in [6.07, 6.45) is 3.10. The van der Waals surface area contributed by atoms with Crippen molar-refractivity contribution in [1.82, 2.24) is 5.32 Å². The molecule has 0 heterocycles. The van der Waals surface area contributed by atoms with Crippen molar-refractivity contribution in [3.05, 3.63) is 106 Å². The van der Waals surface area contributed by atoms with E-state index in [1.165, 1.54) is 42.5 Å². The summed E-state index contributed by atoms with van der Waals surface area (Å²) in [6.45, 7) is -0.509. The Kier molecular flexibility index (Phi) is 9.64. The van der Waals surface area contributed by atoms with Gasteiger partial charge in [-0.15, -0.1) is 0 Å². The number of alkyl halides is 3. The van der Waals surface area contributed by atoms with Gasteiger partial charge in [-0.2, -0.15) is 13.2 Å². The summed E-state index contributed by atoms with van der Waals surface area (Å²) in [4.78, 5) is 49.9. The van der Waals surface area contributed by atoms with Crippen LogP contribution in [0, 0.1) is 0 Å². The Morgan fingerprint density at radius 3 is 2.17 bits per heavy atom. The van der Waals surface area contributed by atoms with Gasteiger partial charge in [0.05, 0.1) is 6.54 Å². The Hall–Kier alpha value is -4.22. The molecule has 1 aliphatic rings. The lowest BCUT2D eigenvalue weighted by Gasteiger charge is -2.17. The lowest BCUT2D eigenvalue weighted by atomic mass is 9.87. The summed E-state index contributed by atoms with van der Waals surface area (Å²) >= 11 is -0.339. The number of carbonyl (C=O) groups is 4. The van der Waals surface area contributed by atoms with E-state index in [0.29, 0.717) is 5.56 Å². The first-order chi connectivity index (χ1) is 19.9. The zero-order valence-corrected chi connectivity index (χ0v) is 22.9. The van der Waals surface area contributed by atoms with Crippen molar-refractivity contribution in [2.75, 3.05) is 6.54 Å². The number of hydrogen-bond donors (Lipinski definition) is 3. The summed E-state index contributed by atoms with van der Waals surface area (Å²) in [5.74, 6) is -3.33. The molecule has 3 aromatic carbocycles. The normalized spacial score (nSPS) is 14.0. The van der Waals surface area contributed by atoms with Crippen LogP contribution < -0.4 is 5.32 Å². The van der Waals surface area contributed by atoms with E-state index in [1.54, 1.807) is 6.07 Å². The van der Waals surface area contributed by atoms with Crippen LogP contribution in [-0.2, 0) is 17.6 Å². The second-order valence-electron chi connectivity index (χ2n) is 9.66. The van der Waals surface area contributed by atoms with Gasteiger partial charge in [0.1, 0.15) is 0 Å². The van der Waals surface area contributed by atoms with Crippen molar-refractivity contribution in [3.8, 4) is 0 Å². The number of allylic oxidation sites excluding steroid dienone is 2. The third-order valence-corrected chi connectivity index (χ3v) is 7.40. The largest absolute Gasteiger partial charge is 0.479 e. The van der Waals surface area contributed by atoms with Crippen LogP contribution in [0.25, 0.3) is 5.57 Å². The smallest absolute Gasteiger partial charge is 0.446 e. The molecule has 3 N–H and O–H groups in total. The molecule has 1 atom stereocenters. The SMILES string of the molecule is O=C(C=C(C(=O)c1ccc(C(=O)NC[C@@H](O)C(=O)O)cc1)c1ccc2c(c1)CCCC2)c1cccc(SC(F)(F)F)c1. The van der Waals surface area contributed by atoms with E-state index in [-0.39, 0.29) is 38.9 Å². The topological polar surface area (TPSA) is 121 Å². The molecule has 0 bridgehead atoms. The number of fused-ring (bicyclic) bond motifs is 1. The second kappa shape index (κ2) is 13.2. The molecule has 0 aromatic heterocycles. The fraction of sp³-hybridized carbons (Fsp3) is 0.226. The van der Waals surface area contributed by atoms with E-state index >= 15 is 0 Å². The molecule has 3 aromatic rings. The Bertz CT molecular complexity index is 1550. The predicted molar refractivity (Wildman–Crippen MR) is 150 cm³/mol. The van der Waals surface area contributed by atoms with Gasteiger partial charge in [0, 0.05) is 27.2 Å². The van der Waals surface area contributed by atoms with Crippen molar-refractivity contribution < 1.29 is 42.6 Å². The quantitative estimate of drug-likeness (QED) is 0.160. The number of benzene rings is 3. The number of aliphatic hydroxyl groups excluding tert-OH is 1. The van der Waals surface area contributed by atoms with Crippen molar-refractivity contribution in [1.29, 1.82) is 0 Å². The van der Waals surface area contributed by atoms with Gasteiger partial charge in [0.15, 0.2) is 17.7 Å². The lowest BCUT2D eigenvalue weighted by molar-refractivity contribution is -0.146. The van der Waals surface area contributed by atoms with Crippen LogP contribution in [0.5, 0.6) is 0 Å². The molecular formula is C31H26F3NO6S. The van der Waals surface area contributed by atoms with Crippen molar-refractivity contribution in [3.63, 3.8) is 0 Å². The number of aliphatic carboxylic acids is 1. The summed E-state index contributed by atoms with van der Waals surface area (Å²) in [5, 5.41) is 20.4. The van der Waals surface area contributed by atoms with E-state index < -0.39 is 41.6 Å². The van der Waals surface area contributed by atoms with Gasteiger partial charge < -0.3 is 15.5 Å². The van der Waals surface area contributed by atoms with Crippen LogP contribution >= 0.6 is 11.8 Å². The van der Waals surface area contributed by atoms with Gasteiger partial charge in [-0.3, -0.25) is 14.4 Å². The zero-order valence-electron chi connectivity index (χ0n) is 22.1. The van der Waals surface area contributed by atoms with E-state index in [9.17, 15) is 37.5 Å². The van der Waals surface area contributed by atoms with E-state index in [2.05, 4.69) is 5.32 Å². The average Bonchev–Trinajstić information content (AvgIpc) is 2.97. The number of halogens is 3. The Morgan fingerprint density at radius 1 is 0.857 bits per heavy atom. The molecule has 0 saturated carbocycles. The standard InChI is InChI=1S/C31H26F3NO6S/c32-31(33,34)42-24-7-3-6-23(15-24)26(36)16-25(22-13-8-18-4-1-2-5-21(18)14-22)28(38)19-9-11-20(12-10-19)29(39)35-17-27(37)30(40)41/h3,6-16,27,37H,1-2,4-5,17H2,(H,35,39)(H,40,41)/t27-/m1/s1. The molecule has 0 radical (unpaired) electrons. The molecule has 0 saturated heterocycles. The number of thioether (sulfide) groups is 1. The number of carboxylic acid groups (broad SMARTS) is 1. The highest BCUT2D eigenvalue weighted by Gasteiger charge is 2.29. The van der Waals surface area contributed by atoms with Gasteiger partial charge in [-0.1, -0.05) is 42.5 Å². The maximum atomic E-state index is 13.7. The third kappa shape index (κ3) is 7.95. The highest BCUT2D eigenvalue weighted by atomic mass is 32.2. The Morgan fingerprint density at radius 2 is 1.50 bits per heavy atom. The van der Waals surface area contributed by atoms with E-state index in [0.717, 1.165) is 49.0 Å². The van der Waals surface area contributed by atoms with Gasteiger partial charge in [-0.05, 0) is 84.5 Å². The van der Waals surface area contributed by atoms with Crippen molar-refractivity contribution in [2.24, 2.45) is 0 Å². The summed E-state index contributed by atoms with van der Waals surface area (Å²) < 4.78 is 38.7. The Labute approximate surface area is 243 Å². The van der Waals surface area contributed by atoms with Crippen LogP contribution in [0.15, 0.2) is 77.7 Å². The van der Waals surface area contributed by atoms with Crippen LogP contribution in [0.1, 0.15) is 60.6 Å². The number of ketones is 2. The van der Waals surface area contributed by atoms with Crippen LogP contribution in [0.4, 0.5) is 13.2 Å². The minimum atomic E-state index is -4.53. The maximum absolute atomic E-state index is 13.7. The molecule has 7 nitrogen and oxygen atoms in total. The monoisotopic (exact) mass is 597 g/mol. The number of rotatable bonds is 10. The number of carboxylic acids is 1. The van der Waals surface area contributed by atoms with Gasteiger partial charge in [0.2, 0.25) is 0 Å². The summed E-state index contributed by atoms with van der Waals surface area (Å²) in [6, 6.07) is 16.1. The Balaban J connectivity index is 1.65. The first-order valence-electron chi connectivity index (χ1n) is 13.0. The fourth-order valence-electron chi connectivity index (χ4n) is 4.55. The van der Waals surface area contributed by atoms with Gasteiger partial charge in [0.25, 0.3) is 5.91 Å². The molecule has 11 heteroatoms. The molecule has 0 unspecified atom stereocenters. The predicted octanol–water partition coefficient (Wildman–Crippen LogP) is 5.50. The fourth-order valence-corrected chi connectivity index (χ4v) is 5.15. The molecule has 1 amide bonds. The minimum absolute atomic E-state index is 0.0110. The molecular weight excluding hydrogens is 571 g/mol. The van der Waals surface area contributed by atoms with Gasteiger partial charge in [-0.25, -0.2) is 4.79 Å².